The first kappa shape index (κ1) is 24.1. The molecular formula is C27H17BrF3N3OS. The first-order valence-electron chi connectivity index (χ1n) is 10.8. The molecule has 3 aromatic carbocycles. The quantitative estimate of drug-likeness (QED) is 0.234. The molecular weight excluding hydrogens is 551 g/mol. The smallest absolute Gasteiger partial charge is 0.298 e. The number of benzene rings is 3. The van der Waals surface area contributed by atoms with Crippen LogP contribution in [-0.2, 0) is 12.6 Å². The van der Waals surface area contributed by atoms with E-state index in [0.29, 0.717) is 32.9 Å². The van der Waals surface area contributed by atoms with Gasteiger partial charge in [0.25, 0.3) is 5.91 Å². The van der Waals surface area contributed by atoms with Crippen molar-refractivity contribution in [2.24, 2.45) is 0 Å². The summed E-state index contributed by atoms with van der Waals surface area (Å²) in [5.74, 6) is -0.349. The van der Waals surface area contributed by atoms with Gasteiger partial charge in [0, 0.05) is 32.9 Å². The molecule has 0 saturated carbocycles. The van der Waals surface area contributed by atoms with E-state index in [1.165, 1.54) is 17.4 Å². The molecule has 36 heavy (non-hydrogen) atoms. The van der Waals surface area contributed by atoms with Crippen LogP contribution in [0.5, 0.6) is 0 Å². The number of thiazole rings is 1. The van der Waals surface area contributed by atoms with E-state index in [4.69, 9.17) is 4.98 Å². The number of pyridine rings is 1. The topological polar surface area (TPSA) is 54.9 Å². The number of fused-ring (bicyclic) bond motifs is 1. The zero-order valence-corrected chi connectivity index (χ0v) is 20.9. The van der Waals surface area contributed by atoms with Gasteiger partial charge in [-0.15, -0.1) is 11.3 Å². The number of hydrogen-bond acceptors (Lipinski definition) is 4. The van der Waals surface area contributed by atoms with Crippen molar-refractivity contribution in [3.8, 4) is 11.3 Å². The SMILES string of the molecule is O=C(Nc1ncc(Cc2cccc(C(F)(F)F)c2)s1)c1cc(-c2ccccc2)nc2ccc(Br)cc12. The molecule has 2 heterocycles. The van der Waals surface area contributed by atoms with Crippen molar-refractivity contribution >= 4 is 49.2 Å². The molecule has 4 nitrogen and oxygen atoms in total. The summed E-state index contributed by atoms with van der Waals surface area (Å²) in [5, 5.41) is 3.88. The van der Waals surface area contributed by atoms with Crippen molar-refractivity contribution in [3.05, 3.63) is 111 Å². The van der Waals surface area contributed by atoms with E-state index in [1.54, 1.807) is 18.3 Å². The molecule has 0 spiro atoms. The second kappa shape index (κ2) is 9.83. The van der Waals surface area contributed by atoms with Crippen LogP contribution >= 0.6 is 27.3 Å². The molecule has 0 aliphatic rings. The van der Waals surface area contributed by atoms with Crippen LogP contribution < -0.4 is 5.32 Å². The Morgan fingerprint density at radius 1 is 0.972 bits per heavy atom. The number of anilines is 1. The van der Waals surface area contributed by atoms with E-state index >= 15 is 0 Å². The number of aromatic nitrogens is 2. The fourth-order valence-corrected chi connectivity index (χ4v) is 5.02. The lowest BCUT2D eigenvalue weighted by atomic mass is 10.0. The van der Waals surface area contributed by atoms with Gasteiger partial charge < -0.3 is 0 Å². The third-order valence-electron chi connectivity index (χ3n) is 5.49. The van der Waals surface area contributed by atoms with Crippen molar-refractivity contribution in [2.75, 3.05) is 5.32 Å². The van der Waals surface area contributed by atoms with Gasteiger partial charge in [-0.1, -0.05) is 64.5 Å². The van der Waals surface area contributed by atoms with E-state index in [0.717, 1.165) is 27.0 Å². The average Bonchev–Trinajstić information content (AvgIpc) is 3.30. The summed E-state index contributed by atoms with van der Waals surface area (Å²) in [6.07, 6.45) is -2.55. The van der Waals surface area contributed by atoms with E-state index in [-0.39, 0.29) is 12.3 Å². The number of carbonyl (C=O) groups excluding carboxylic acids is 1. The van der Waals surface area contributed by atoms with Gasteiger partial charge in [-0.3, -0.25) is 10.1 Å². The number of amides is 1. The summed E-state index contributed by atoms with van der Waals surface area (Å²) in [7, 11) is 0. The number of alkyl halides is 3. The van der Waals surface area contributed by atoms with Gasteiger partial charge in [-0.2, -0.15) is 13.2 Å². The molecule has 0 unspecified atom stereocenters. The van der Waals surface area contributed by atoms with E-state index in [2.05, 4.69) is 26.2 Å². The largest absolute Gasteiger partial charge is 0.416 e. The summed E-state index contributed by atoms with van der Waals surface area (Å²) in [6.45, 7) is 0. The maximum Gasteiger partial charge on any atom is 0.416 e. The number of nitrogens with zero attached hydrogens (tertiary/aromatic N) is 2. The summed E-state index contributed by atoms with van der Waals surface area (Å²) in [5.41, 5.74) is 2.49. The van der Waals surface area contributed by atoms with Gasteiger partial charge in [0.2, 0.25) is 0 Å². The van der Waals surface area contributed by atoms with Crippen LogP contribution in [0.3, 0.4) is 0 Å². The summed E-state index contributed by atoms with van der Waals surface area (Å²) in [4.78, 5) is 23.1. The van der Waals surface area contributed by atoms with Crippen LogP contribution in [0, 0.1) is 0 Å². The van der Waals surface area contributed by atoms with Gasteiger partial charge in [0.15, 0.2) is 5.13 Å². The molecule has 0 atom stereocenters. The lowest BCUT2D eigenvalue weighted by molar-refractivity contribution is -0.137. The van der Waals surface area contributed by atoms with Gasteiger partial charge in [-0.25, -0.2) is 9.97 Å². The van der Waals surface area contributed by atoms with Gasteiger partial charge in [0.05, 0.1) is 22.3 Å². The Kier molecular flexibility index (Phi) is 6.59. The van der Waals surface area contributed by atoms with Crippen LogP contribution in [0.2, 0.25) is 0 Å². The lowest BCUT2D eigenvalue weighted by Crippen LogP contribution is -2.13. The van der Waals surface area contributed by atoms with Crippen LogP contribution in [-0.4, -0.2) is 15.9 Å². The van der Waals surface area contributed by atoms with Crippen LogP contribution in [0.4, 0.5) is 18.3 Å². The van der Waals surface area contributed by atoms with Crippen molar-refractivity contribution in [3.63, 3.8) is 0 Å². The van der Waals surface area contributed by atoms with Gasteiger partial charge >= 0.3 is 6.18 Å². The second-order valence-corrected chi connectivity index (χ2v) is 10.1. The predicted octanol–water partition coefficient (Wildman–Crippen LogP) is 7.98. The summed E-state index contributed by atoms with van der Waals surface area (Å²) >= 11 is 4.68. The summed E-state index contributed by atoms with van der Waals surface area (Å²) < 4.78 is 39.9. The molecule has 180 valence electrons. The minimum Gasteiger partial charge on any atom is -0.298 e. The number of halogens is 4. The average molecular weight is 568 g/mol. The van der Waals surface area contributed by atoms with Crippen molar-refractivity contribution in [1.29, 1.82) is 0 Å². The number of hydrogen-bond donors (Lipinski definition) is 1. The van der Waals surface area contributed by atoms with Gasteiger partial charge in [0.1, 0.15) is 0 Å². The Labute approximate surface area is 217 Å². The lowest BCUT2D eigenvalue weighted by Gasteiger charge is -2.10. The van der Waals surface area contributed by atoms with Crippen molar-refractivity contribution in [2.45, 2.75) is 12.6 Å². The summed E-state index contributed by atoms with van der Waals surface area (Å²) in [6, 6.07) is 22.1. The molecule has 0 fully saturated rings. The first-order chi connectivity index (χ1) is 17.3. The molecule has 0 aliphatic carbocycles. The zero-order valence-electron chi connectivity index (χ0n) is 18.5. The normalized spacial score (nSPS) is 11.6. The molecule has 5 aromatic rings. The molecule has 2 aromatic heterocycles. The minimum atomic E-state index is -4.40. The standard InChI is InChI=1S/C27H17BrF3N3OS/c28-19-9-10-23-21(13-19)22(14-24(33-23)17-6-2-1-3-7-17)25(35)34-26-32-15-20(36-26)12-16-5-4-8-18(11-16)27(29,30)31/h1-11,13-15H,12H2,(H,32,34,35). The van der Waals surface area contributed by atoms with Crippen molar-refractivity contribution < 1.29 is 18.0 Å². The van der Waals surface area contributed by atoms with Gasteiger partial charge in [-0.05, 0) is 35.9 Å². The number of rotatable bonds is 5. The molecule has 0 radical (unpaired) electrons. The Balaban J connectivity index is 1.42. The number of carbonyl (C=O) groups is 1. The van der Waals surface area contributed by atoms with E-state index in [1.807, 2.05) is 48.5 Å². The molecule has 0 saturated heterocycles. The second-order valence-electron chi connectivity index (χ2n) is 8.04. The fraction of sp³-hybridized carbons (Fsp3) is 0.0741. The highest BCUT2D eigenvalue weighted by molar-refractivity contribution is 9.10. The maximum atomic E-state index is 13.3. The maximum absolute atomic E-state index is 13.3. The zero-order chi connectivity index (χ0) is 25.3. The van der Waals surface area contributed by atoms with Crippen LogP contribution in [0.25, 0.3) is 22.2 Å². The molecule has 1 amide bonds. The monoisotopic (exact) mass is 567 g/mol. The highest BCUT2D eigenvalue weighted by Crippen LogP contribution is 2.31. The number of nitrogens with one attached hydrogen (secondary N) is 1. The van der Waals surface area contributed by atoms with Crippen molar-refractivity contribution in [1.82, 2.24) is 9.97 Å². The highest BCUT2D eigenvalue weighted by atomic mass is 79.9. The molecule has 0 aliphatic heterocycles. The predicted molar refractivity (Wildman–Crippen MR) is 139 cm³/mol. The Bertz CT molecular complexity index is 1570. The molecule has 1 N–H and O–H groups in total. The third-order valence-corrected chi connectivity index (χ3v) is 6.90. The molecule has 5 rings (SSSR count). The minimum absolute atomic E-state index is 0.279. The highest BCUT2D eigenvalue weighted by Gasteiger charge is 2.30. The van der Waals surface area contributed by atoms with Crippen LogP contribution in [0.15, 0.2) is 89.5 Å². The Hall–Kier alpha value is -3.56. The van der Waals surface area contributed by atoms with E-state index in [9.17, 15) is 18.0 Å². The van der Waals surface area contributed by atoms with Crippen LogP contribution in [0.1, 0.15) is 26.4 Å². The first-order valence-corrected chi connectivity index (χ1v) is 12.5. The Morgan fingerprint density at radius 2 is 1.78 bits per heavy atom. The van der Waals surface area contributed by atoms with E-state index < -0.39 is 11.7 Å². The fourth-order valence-electron chi connectivity index (χ4n) is 3.81. The molecule has 9 heteroatoms. The third kappa shape index (κ3) is 5.32. The Morgan fingerprint density at radius 3 is 2.56 bits per heavy atom. The molecule has 0 bridgehead atoms.